The van der Waals surface area contributed by atoms with Crippen molar-refractivity contribution in [2.24, 2.45) is 5.92 Å². The Kier molecular flexibility index (Phi) is 5.77. The van der Waals surface area contributed by atoms with Crippen molar-refractivity contribution in [3.8, 4) is 0 Å². The van der Waals surface area contributed by atoms with Crippen molar-refractivity contribution in [3.05, 3.63) is 22.8 Å². The van der Waals surface area contributed by atoms with E-state index in [4.69, 9.17) is 0 Å². The maximum absolute atomic E-state index is 2.40. The van der Waals surface area contributed by atoms with Crippen LogP contribution in [0.15, 0.2) is 22.8 Å². The smallest absolute Gasteiger partial charge is 0.0219 e. The monoisotopic (exact) mass is 180 g/mol. The Morgan fingerprint density at radius 3 is 2.08 bits per heavy atom. The van der Waals surface area contributed by atoms with Gasteiger partial charge in [0.25, 0.3) is 0 Å². The van der Waals surface area contributed by atoms with Gasteiger partial charge in [-0.15, -0.1) is 0 Å². The maximum Gasteiger partial charge on any atom is -0.0219 e. The molecule has 0 fully saturated rings. The summed E-state index contributed by atoms with van der Waals surface area (Å²) in [5, 5.41) is 0. The molecule has 0 heteroatoms. The van der Waals surface area contributed by atoms with Crippen LogP contribution in [0.5, 0.6) is 0 Å². The zero-order valence-corrected chi connectivity index (χ0v) is 10.1. The Bertz CT molecular complexity index is 204. The largest absolute Gasteiger partial charge is 0.0805 e. The minimum atomic E-state index is 0.699. The molecule has 0 amide bonds. The van der Waals surface area contributed by atoms with E-state index in [1.807, 2.05) is 13.8 Å². The summed E-state index contributed by atoms with van der Waals surface area (Å²) in [4.78, 5) is 0. The number of hydrogen-bond acceptors (Lipinski definition) is 0. The van der Waals surface area contributed by atoms with Gasteiger partial charge in [-0.05, 0) is 43.8 Å². The highest BCUT2D eigenvalue weighted by molar-refractivity contribution is 5.37. The molecule has 0 aliphatic heterocycles. The molecule has 1 aliphatic rings. The van der Waals surface area contributed by atoms with Crippen molar-refractivity contribution in [2.75, 3.05) is 0 Å². The zero-order valence-electron chi connectivity index (χ0n) is 10.1. The van der Waals surface area contributed by atoms with Crippen LogP contribution < -0.4 is 0 Å². The minimum Gasteiger partial charge on any atom is -0.0805 e. The second-order valence-electron chi connectivity index (χ2n) is 3.76. The first kappa shape index (κ1) is 12.5. The van der Waals surface area contributed by atoms with Gasteiger partial charge < -0.3 is 0 Å². The van der Waals surface area contributed by atoms with Crippen molar-refractivity contribution >= 4 is 0 Å². The van der Waals surface area contributed by atoms with Gasteiger partial charge in [0.05, 0.1) is 0 Å². The summed E-state index contributed by atoms with van der Waals surface area (Å²) in [6, 6.07) is 0. The van der Waals surface area contributed by atoms with E-state index in [0.717, 1.165) is 0 Å². The van der Waals surface area contributed by atoms with Crippen molar-refractivity contribution in [1.29, 1.82) is 0 Å². The van der Waals surface area contributed by atoms with Gasteiger partial charge in [0, 0.05) is 0 Å². The summed E-state index contributed by atoms with van der Waals surface area (Å²) in [5.41, 5.74) is 4.68. The Hall–Kier alpha value is -0.520. The second kappa shape index (κ2) is 6.01. The predicted octanol–water partition coefficient (Wildman–Crippen LogP) is 4.73. The highest BCUT2D eigenvalue weighted by atomic mass is 14.2. The molecule has 0 N–H and O–H groups in total. The molecule has 0 nitrogen and oxygen atoms in total. The summed E-state index contributed by atoms with van der Waals surface area (Å²) in [5.74, 6) is 0.699. The molecular weight excluding hydrogens is 156 g/mol. The molecule has 0 spiro atoms. The summed E-state index contributed by atoms with van der Waals surface area (Å²) in [6.07, 6.45) is 4.91. The Labute approximate surface area is 83.7 Å². The average molecular weight is 180 g/mol. The van der Waals surface area contributed by atoms with Crippen LogP contribution in [0, 0.1) is 5.92 Å². The third-order valence-corrected chi connectivity index (χ3v) is 2.58. The third-order valence-electron chi connectivity index (χ3n) is 2.58. The molecule has 0 heterocycles. The van der Waals surface area contributed by atoms with Gasteiger partial charge in [-0.25, -0.2) is 0 Å². The van der Waals surface area contributed by atoms with Crippen LogP contribution in [0.2, 0.25) is 0 Å². The van der Waals surface area contributed by atoms with E-state index >= 15 is 0 Å². The molecule has 0 aromatic rings. The molecule has 0 saturated heterocycles. The number of allylic oxidation sites excluding steroid dienone is 4. The highest BCUT2D eigenvalue weighted by Gasteiger charge is 2.11. The first-order valence-electron chi connectivity index (χ1n) is 5.49. The SMILES string of the molecule is CC.CC1=C(C)C(C(C)C)=CCC1. The molecule has 76 valence electrons. The highest BCUT2D eigenvalue weighted by Crippen LogP contribution is 2.28. The lowest BCUT2D eigenvalue weighted by Gasteiger charge is -2.19. The zero-order chi connectivity index (χ0) is 10.4. The lowest BCUT2D eigenvalue weighted by molar-refractivity contribution is 0.745. The van der Waals surface area contributed by atoms with Crippen LogP contribution in [0.25, 0.3) is 0 Å². The van der Waals surface area contributed by atoms with Gasteiger partial charge in [-0.2, -0.15) is 0 Å². The van der Waals surface area contributed by atoms with Crippen LogP contribution in [-0.2, 0) is 0 Å². The molecule has 0 radical (unpaired) electrons. The molecule has 0 saturated carbocycles. The van der Waals surface area contributed by atoms with E-state index in [1.54, 1.807) is 11.1 Å². The van der Waals surface area contributed by atoms with Gasteiger partial charge in [-0.3, -0.25) is 0 Å². The fourth-order valence-corrected chi connectivity index (χ4v) is 1.70. The van der Waals surface area contributed by atoms with Crippen LogP contribution in [0.4, 0.5) is 0 Å². The Morgan fingerprint density at radius 1 is 1.15 bits per heavy atom. The summed E-state index contributed by atoms with van der Waals surface area (Å²) in [7, 11) is 0. The standard InChI is InChI=1S/C11H18.C2H6/c1-8(2)11-7-5-6-9(3)10(11)4;1-2/h7-8H,5-6H2,1-4H3;1-2H3. The van der Waals surface area contributed by atoms with E-state index in [2.05, 4.69) is 33.8 Å². The van der Waals surface area contributed by atoms with Crippen molar-refractivity contribution in [3.63, 3.8) is 0 Å². The average Bonchev–Trinajstić information content (AvgIpc) is 2.13. The van der Waals surface area contributed by atoms with Gasteiger partial charge >= 0.3 is 0 Å². The van der Waals surface area contributed by atoms with Crippen LogP contribution in [0.3, 0.4) is 0 Å². The van der Waals surface area contributed by atoms with Gasteiger partial charge in [-0.1, -0.05) is 39.3 Å². The molecule has 0 aromatic heterocycles. The molecule has 13 heavy (non-hydrogen) atoms. The van der Waals surface area contributed by atoms with Crippen molar-refractivity contribution in [1.82, 2.24) is 0 Å². The predicted molar refractivity (Wildman–Crippen MR) is 61.9 cm³/mol. The summed E-state index contributed by atoms with van der Waals surface area (Å²) in [6.45, 7) is 13.0. The van der Waals surface area contributed by atoms with E-state index in [1.165, 1.54) is 18.4 Å². The summed E-state index contributed by atoms with van der Waals surface area (Å²) < 4.78 is 0. The molecule has 0 unspecified atom stereocenters. The van der Waals surface area contributed by atoms with Gasteiger partial charge in [0.15, 0.2) is 0 Å². The van der Waals surface area contributed by atoms with E-state index in [9.17, 15) is 0 Å². The second-order valence-corrected chi connectivity index (χ2v) is 3.76. The van der Waals surface area contributed by atoms with E-state index in [0.29, 0.717) is 5.92 Å². The Morgan fingerprint density at radius 2 is 1.69 bits per heavy atom. The number of hydrogen-bond donors (Lipinski definition) is 0. The molecule has 1 aliphatic carbocycles. The quantitative estimate of drug-likeness (QED) is 0.547. The van der Waals surface area contributed by atoms with Gasteiger partial charge in [0.1, 0.15) is 0 Å². The maximum atomic E-state index is 2.40. The first-order chi connectivity index (χ1) is 6.13. The fourth-order valence-electron chi connectivity index (χ4n) is 1.70. The molecule has 0 atom stereocenters. The Balaban J connectivity index is 0.000000671. The number of rotatable bonds is 1. The lowest BCUT2D eigenvalue weighted by Crippen LogP contribution is -2.02. The van der Waals surface area contributed by atoms with Crippen molar-refractivity contribution in [2.45, 2.75) is 54.4 Å². The molecule has 1 rings (SSSR count). The first-order valence-corrected chi connectivity index (χ1v) is 5.49. The van der Waals surface area contributed by atoms with E-state index in [-0.39, 0.29) is 0 Å². The fraction of sp³-hybridized carbons (Fsp3) is 0.692. The van der Waals surface area contributed by atoms with Crippen molar-refractivity contribution < 1.29 is 0 Å². The normalized spacial score (nSPS) is 16.7. The van der Waals surface area contributed by atoms with Crippen LogP contribution in [-0.4, -0.2) is 0 Å². The van der Waals surface area contributed by atoms with Gasteiger partial charge in [0.2, 0.25) is 0 Å². The topological polar surface area (TPSA) is 0 Å². The summed E-state index contributed by atoms with van der Waals surface area (Å²) >= 11 is 0. The molecule has 0 aromatic carbocycles. The third kappa shape index (κ3) is 3.38. The minimum absolute atomic E-state index is 0.699. The molecule has 0 bridgehead atoms. The van der Waals surface area contributed by atoms with E-state index < -0.39 is 0 Å². The molecular formula is C13H24. The van der Waals surface area contributed by atoms with Crippen LogP contribution >= 0.6 is 0 Å². The lowest BCUT2D eigenvalue weighted by atomic mass is 9.87. The van der Waals surface area contributed by atoms with Crippen LogP contribution in [0.1, 0.15) is 54.4 Å².